The number of unbranched alkanes of at least 4 members (excludes halogenated alkanes) is 1. The summed E-state index contributed by atoms with van der Waals surface area (Å²) in [4.78, 5) is 49.1. The Balaban J connectivity index is 2.05. The predicted octanol–water partition coefficient (Wildman–Crippen LogP) is 4.24. The van der Waals surface area contributed by atoms with Gasteiger partial charge in [0.25, 0.3) is 0 Å². The van der Waals surface area contributed by atoms with Crippen molar-refractivity contribution in [2.45, 2.75) is 84.5 Å². The van der Waals surface area contributed by atoms with Gasteiger partial charge in [-0.2, -0.15) is 0 Å². The van der Waals surface area contributed by atoms with Gasteiger partial charge in [-0.3, -0.25) is 9.36 Å². The van der Waals surface area contributed by atoms with Gasteiger partial charge in [-0.05, 0) is 84.6 Å². The highest BCUT2D eigenvalue weighted by atomic mass is 16.6. The van der Waals surface area contributed by atoms with Crippen LogP contribution in [0.15, 0.2) is 24.4 Å². The Morgan fingerprint density at radius 3 is 2.24 bits per heavy atom. The van der Waals surface area contributed by atoms with Crippen molar-refractivity contribution in [2.24, 2.45) is 0 Å². The molecule has 0 aliphatic carbocycles. The number of nitrogens with zero attached hydrogens (tertiary/aromatic N) is 1. The number of carbonyl (C=O) groups excluding carboxylic acids is 3. The van der Waals surface area contributed by atoms with E-state index in [0.29, 0.717) is 41.6 Å². The Morgan fingerprint density at radius 1 is 1.00 bits per heavy atom. The number of methoxy groups -OCH3 is 1. The maximum absolute atomic E-state index is 12.8. The molecule has 2 aromatic rings. The molecule has 1 atom stereocenters. The molecule has 11 heteroatoms. The second-order valence-electron chi connectivity index (χ2n) is 10.9. The van der Waals surface area contributed by atoms with E-state index in [1.165, 1.54) is 17.9 Å². The summed E-state index contributed by atoms with van der Waals surface area (Å²) in [6, 6.07) is 4.01. The second-order valence-corrected chi connectivity index (χ2v) is 10.9. The molecule has 38 heavy (non-hydrogen) atoms. The summed E-state index contributed by atoms with van der Waals surface area (Å²) in [6.07, 6.45) is 1.40. The van der Waals surface area contributed by atoms with E-state index in [0.717, 1.165) is 0 Å². The molecule has 0 unspecified atom stereocenters. The van der Waals surface area contributed by atoms with Gasteiger partial charge in [0.05, 0.1) is 19.0 Å². The average molecular weight is 534 g/mol. The molecular weight excluding hydrogens is 494 g/mol. The van der Waals surface area contributed by atoms with Gasteiger partial charge < -0.3 is 30.0 Å². The van der Waals surface area contributed by atoms with E-state index in [9.17, 15) is 24.3 Å². The summed E-state index contributed by atoms with van der Waals surface area (Å²) >= 11 is 0. The molecular formula is C27H39N3O8. The van der Waals surface area contributed by atoms with Crippen molar-refractivity contribution in [1.29, 1.82) is 0 Å². The van der Waals surface area contributed by atoms with Crippen LogP contribution in [-0.4, -0.2) is 64.6 Å². The van der Waals surface area contributed by atoms with E-state index in [-0.39, 0.29) is 12.8 Å². The van der Waals surface area contributed by atoms with Gasteiger partial charge in [-0.1, -0.05) is 0 Å². The first-order valence-corrected chi connectivity index (χ1v) is 12.5. The topological polar surface area (TPSA) is 145 Å². The highest BCUT2D eigenvalue weighted by Gasteiger charge is 2.24. The van der Waals surface area contributed by atoms with Gasteiger partial charge in [-0.15, -0.1) is 0 Å². The van der Waals surface area contributed by atoms with Crippen molar-refractivity contribution < 1.29 is 38.5 Å². The number of rotatable bonds is 10. The zero-order chi connectivity index (χ0) is 28.7. The SMILES string of the molecule is COc1ccc2c(c1)c(CC(=O)N[C@@H](CCCCNC(=O)OC(C)(C)C)C(=O)O)cn2C(=O)OC(C)(C)C. The Kier molecular flexibility index (Phi) is 10.1. The lowest BCUT2D eigenvalue weighted by atomic mass is 10.1. The molecule has 0 saturated carbocycles. The molecule has 1 aromatic heterocycles. The molecule has 0 radical (unpaired) electrons. The third-order valence-electron chi connectivity index (χ3n) is 5.26. The average Bonchev–Trinajstić information content (AvgIpc) is 3.13. The largest absolute Gasteiger partial charge is 0.497 e. The van der Waals surface area contributed by atoms with Crippen LogP contribution in [0.3, 0.4) is 0 Å². The van der Waals surface area contributed by atoms with Crippen molar-refractivity contribution in [1.82, 2.24) is 15.2 Å². The summed E-state index contributed by atoms with van der Waals surface area (Å²) in [6.45, 7) is 10.9. The summed E-state index contributed by atoms with van der Waals surface area (Å²) in [5, 5.41) is 15.4. The Morgan fingerprint density at radius 2 is 1.66 bits per heavy atom. The van der Waals surface area contributed by atoms with E-state index in [1.54, 1.807) is 59.7 Å². The van der Waals surface area contributed by atoms with Gasteiger partial charge in [-0.25, -0.2) is 14.4 Å². The van der Waals surface area contributed by atoms with Crippen LogP contribution in [0.1, 0.15) is 66.4 Å². The number of amides is 2. The monoisotopic (exact) mass is 533 g/mol. The molecule has 0 aliphatic rings. The molecule has 0 bridgehead atoms. The van der Waals surface area contributed by atoms with Crippen molar-refractivity contribution in [2.75, 3.05) is 13.7 Å². The first-order chi connectivity index (χ1) is 17.6. The number of alkyl carbamates (subject to hydrolysis) is 1. The molecule has 11 nitrogen and oxygen atoms in total. The number of carboxylic acids is 1. The number of aliphatic carboxylic acids is 1. The molecule has 1 heterocycles. The number of benzene rings is 1. The normalized spacial score (nSPS) is 12.5. The van der Waals surface area contributed by atoms with Crippen molar-refractivity contribution in [3.8, 4) is 5.75 Å². The minimum absolute atomic E-state index is 0.149. The Bertz CT molecular complexity index is 1160. The minimum atomic E-state index is -1.16. The zero-order valence-electron chi connectivity index (χ0n) is 23.2. The van der Waals surface area contributed by atoms with E-state index in [2.05, 4.69) is 10.6 Å². The van der Waals surface area contributed by atoms with Crippen molar-refractivity contribution >= 4 is 35.0 Å². The maximum atomic E-state index is 12.8. The van der Waals surface area contributed by atoms with Gasteiger partial charge in [0, 0.05) is 18.1 Å². The lowest BCUT2D eigenvalue weighted by molar-refractivity contribution is -0.142. The number of nitrogens with one attached hydrogen (secondary N) is 2. The maximum Gasteiger partial charge on any atom is 0.419 e. The minimum Gasteiger partial charge on any atom is -0.497 e. The van der Waals surface area contributed by atoms with Crippen LogP contribution in [0.2, 0.25) is 0 Å². The third-order valence-corrected chi connectivity index (χ3v) is 5.26. The van der Waals surface area contributed by atoms with E-state index < -0.39 is 41.3 Å². The first kappa shape index (κ1) is 30.5. The Labute approximate surface area is 222 Å². The standard InChI is InChI=1S/C27H39N3O8/c1-26(2,3)37-24(34)28-13-9-8-10-20(23(32)33)29-22(31)14-17-16-30(25(35)38-27(4,5)6)21-12-11-18(36-7)15-19(17)21/h11-12,15-16,20H,8-10,13-14H2,1-7H3,(H,28,34)(H,29,31)(H,32,33)/t20-/m0/s1. The number of hydrogen-bond acceptors (Lipinski definition) is 7. The van der Waals surface area contributed by atoms with Crippen LogP contribution in [0.5, 0.6) is 5.75 Å². The van der Waals surface area contributed by atoms with Crippen LogP contribution in [-0.2, 0) is 25.5 Å². The fourth-order valence-electron chi connectivity index (χ4n) is 3.66. The smallest absolute Gasteiger partial charge is 0.419 e. The number of aromatic nitrogens is 1. The van der Waals surface area contributed by atoms with Crippen LogP contribution in [0.25, 0.3) is 10.9 Å². The Hall–Kier alpha value is -3.76. The number of hydrogen-bond donors (Lipinski definition) is 3. The summed E-state index contributed by atoms with van der Waals surface area (Å²) in [5.74, 6) is -1.11. The van der Waals surface area contributed by atoms with Gasteiger partial charge in [0.2, 0.25) is 5.91 Å². The molecule has 2 rings (SSSR count). The quantitative estimate of drug-likeness (QED) is 0.385. The third kappa shape index (κ3) is 9.60. The number of ether oxygens (including phenoxy) is 3. The number of fused-ring (bicyclic) bond motifs is 1. The van der Waals surface area contributed by atoms with Crippen LogP contribution in [0, 0.1) is 0 Å². The van der Waals surface area contributed by atoms with Gasteiger partial charge in [0.15, 0.2) is 0 Å². The predicted molar refractivity (Wildman–Crippen MR) is 141 cm³/mol. The zero-order valence-corrected chi connectivity index (χ0v) is 23.2. The lowest BCUT2D eigenvalue weighted by Crippen LogP contribution is -2.41. The van der Waals surface area contributed by atoms with E-state index >= 15 is 0 Å². The fraction of sp³-hybridized carbons (Fsp3) is 0.556. The fourth-order valence-corrected chi connectivity index (χ4v) is 3.66. The van der Waals surface area contributed by atoms with E-state index in [1.807, 2.05) is 0 Å². The molecule has 210 valence electrons. The molecule has 0 spiro atoms. The molecule has 2 amide bonds. The van der Waals surface area contributed by atoms with Gasteiger partial charge in [0.1, 0.15) is 23.0 Å². The molecule has 0 aliphatic heterocycles. The summed E-state index contributed by atoms with van der Waals surface area (Å²) < 4.78 is 17.3. The highest BCUT2D eigenvalue weighted by Crippen LogP contribution is 2.27. The van der Waals surface area contributed by atoms with Crippen molar-refractivity contribution in [3.63, 3.8) is 0 Å². The molecule has 0 fully saturated rings. The van der Waals surface area contributed by atoms with Crippen LogP contribution >= 0.6 is 0 Å². The summed E-state index contributed by atoms with van der Waals surface area (Å²) in [7, 11) is 1.51. The molecule has 3 N–H and O–H groups in total. The van der Waals surface area contributed by atoms with E-state index in [4.69, 9.17) is 14.2 Å². The lowest BCUT2D eigenvalue weighted by Gasteiger charge is -2.19. The summed E-state index contributed by atoms with van der Waals surface area (Å²) in [5.41, 5.74) is -0.259. The first-order valence-electron chi connectivity index (χ1n) is 12.5. The van der Waals surface area contributed by atoms with Crippen LogP contribution < -0.4 is 15.4 Å². The highest BCUT2D eigenvalue weighted by molar-refractivity contribution is 5.96. The van der Waals surface area contributed by atoms with Crippen LogP contribution in [0.4, 0.5) is 9.59 Å². The second kappa shape index (κ2) is 12.7. The van der Waals surface area contributed by atoms with Crippen molar-refractivity contribution in [3.05, 3.63) is 30.0 Å². The molecule has 1 aromatic carbocycles. The molecule has 0 saturated heterocycles. The number of carbonyl (C=O) groups is 4. The van der Waals surface area contributed by atoms with Gasteiger partial charge >= 0.3 is 18.2 Å². The number of carboxylic acid groups (broad SMARTS) is 1.